The van der Waals surface area contributed by atoms with Gasteiger partial charge in [-0.1, -0.05) is 5.21 Å². The van der Waals surface area contributed by atoms with Gasteiger partial charge >= 0.3 is 6.09 Å². The summed E-state index contributed by atoms with van der Waals surface area (Å²) in [5.74, 6) is 1.76. The molecule has 0 bridgehead atoms. The number of hydrogen-bond donors (Lipinski definition) is 0. The molecule has 1 aromatic heterocycles. The summed E-state index contributed by atoms with van der Waals surface area (Å²) in [6.45, 7) is 8.10. The van der Waals surface area contributed by atoms with E-state index >= 15 is 0 Å². The molecule has 4 rings (SSSR count). The van der Waals surface area contributed by atoms with Crippen LogP contribution in [0.15, 0.2) is 24.4 Å². The number of nitrogens with zero attached hydrogens (tertiary/aromatic N) is 4. The van der Waals surface area contributed by atoms with Crippen LogP contribution in [0, 0.1) is 0 Å². The van der Waals surface area contributed by atoms with E-state index in [0.29, 0.717) is 26.3 Å². The van der Waals surface area contributed by atoms with Crippen LogP contribution in [0.4, 0.5) is 4.79 Å². The Kier molecular flexibility index (Phi) is 4.87. The predicted molar refractivity (Wildman–Crippen MR) is 102 cm³/mol. The molecule has 8 nitrogen and oxygen atoms in total. The molecule has 2 aliphatic rings. The molecule has 2 aliphatic heterocycles. The lowest BCUT2D eigenvalue weighted by atomic mass is 9.94. The summed E-state index contributed by atoms with van der Waals surface area (Å²) in [7, 11) is 0. The maximum absolute atomic E-state index is 12.2. The number of carbonyl (C=O) groups excluding carboxylic acids is 1. The first-order valence-corrected chi connectivity index (χ1v) is 9.69. The summed E-state index contributed by atoms with van der Waals surface area (Å²) >= 11 is 0. The van der Waals surface area contributed by atoms with Crippen LogP contribution in [0.2, 0.25) is 0 Å². The largest absolute Gasteiger partial charge is 0.486 e. The Hall–Kier alpha value is -2.77. The second kappa shape index (κ2) is 7.33. The number of hydrogen-bond acceptors (Lipinski definition) is 6. The Balaban J connectivity index is 1.40. The zero-order chi connectivity index (χ0) is 19.7. The van der Waals surface area contributed by atoms with E-state index in [1.165, 1.54) is 0 Å². The molecule has 0 aliphatic carbocycles. The van der Waals surface area contributed by atoms with E-state index in [4.69, 9.17) is 14.2 Å². The van der Waals surface area contributed by atoms with Gasteiger partial charge < -0.3 is 19.1 Å². The standard InChI is InChI=1S/C20H26N4O4/c1-20(2,3)28-19(25)23-8-6-14(7-9-23)16-13-24(22-21-16)15-4-5-17-18(12-15)27-11-10-26-17/h4-5,12-14H,6-11H2,1-3H3. The molecule has 0 N–H and O–H groups in total. The molecule has 0 atom stereocenters. The van der Waals surface area contributed by atoms with Crippen molar-refractivity contribution >= 4 is 6.09 Å². The number of carbonyl (C=O) groups is 1. The van der Waals surface area contributed by atoms with Crippen molar-refractivity contribution in [1.29, 1.82) is 0 Å². The Bertz CT molecular complexity index is 850. The zero-order valence-corrected chi connectivity index (χ0v) is 16.6. The lowest BCUT2D eigenvalue weighted by molar-refractivity contribution is 0.0204. The maximum Gasteiger partial charge on any atom is 0.410 e. The summed E-state index contributed by atoms with van der Waals surface area (Å²) in [6, 6.07) is 5.75. The second-order valence-corrected chi connectivity index (χ2v) is 8.16. The Morgan fingerprint density at radius 3 is 2.57 bits per heavy atom. The average molecular weight is 386 g/mol. The van der Waals surface area contributed by atoms with Crippen molar-refractivity contribution in [2.75, 3.05) is 26.3 Å². The Labute approximate surface area is 164 Å². The molecule has 0 radical (unpaired) electrons. The van der Waals surface area contributed by atoms with Gasteiger partial charge in [0.2, 0.25) is 0 Å². The monoisotopic (exact) mass is 386 g/mol. The molecule has 0 spiro atoms. The fourth-order valence-corrected chi connectivity index (χ4v) is 3.45. The lowest BCUT2D eigenvalue weighted by Crippen LogP contribution is -2.41. The highest BCUT2D eigenvalue weighted by molar-refractivity contribution is 5.68. The van der Waals surface area contributed by atoms with Gasteiger partial charge in [0.1, 0.15) is 18.8 Å². The molecule has 2 aromatic rings. The Morgan fingerprint density at radius 1 is 1.14 bits per heavy atom. The third-order valence-corrected chi connectivity index (χ3v) is 4.87. The van der Waals surface area contributed by atoms with E-state index < -0.39 is 5.60 Å². The Morgan fingerprint density at radius 2 is 1.86 bits per heavy atom. The van der Waals surface area contributed by atoms with Crippen molar-refractivity contribution in [3.8, 4) is 17.2 Å². The summed E-state index contributed by atoms with van der Waals surface area (Å²) < 4.78 is 18.4. The van der Waals surface area contributed by atoms with Gasteiger partial charge in [0.25, 0.3) is 0 Å². The van der Waals surface area contributed by atoms with Crippen LogP contribution in [-0.4, -0.2) is 57.9 Å². The fraction of sp³-hybridized carbons (Fsp3) is 0.550. The zero-order valence-electron chi connectivity index (χ0n) is 16.6. The number of ether oxygens (including phenoxy) is 3. The normalized spacial score (nSPS) is 17.5. The van der Waals surface area contributed by atoms with Gasteiger partial charge in [0, 0.05) is 25.1 Å². The quantitative estimate of drug-likeness (QED) is 0.789. The number of piperidine rings is 1. The number of likely N-dealkylation sites (tertiary alicyclic amines) is 1. The number of amides is 1. The van der Waals surface area contributed by atoms with Crippen LogP contribution in [0.25, 0.3) is 5.69 Å². The van der Waals surface area contributed by atoms with E-state index in [0.717, 1.165) is 35.7 Å². The van der Waals surface area contributed by atoms with Crippen molar-refractivity contribution in [3.63, 3.8) is 0 Å². The molecule has 1 aromatic carbocycles. The molecule has 3 heterocycles. The lowest BCUT2D eigenvalue weighted by Gasteiger charge is -2.32. The first-order chi connectivity index (χ1) is 13.4. The molecule has 150 valence electrons. The third kappa shape index (κ3) is 4.05. The topological polar surface area (TPSA) is 78.7 Å². The average Bonchev–Trinajstić information content (AvgIpc) is 3.16. The first-order valence-electron chi connectivity index (χ1n) is 9.69. The molecule has 1 amide bonds. The van der Waals surface area contributed by atoms with Crippen LogP contribution in [0.5, 0.6) is 11.5 Å². The molecular formula is C20H26N4O4. The van der Waals surface area contributed by atoms with Crippen LogP contribution < -0.4 is 9.47 Å². The highest BCUT2D eigenvalue weighted by atomic mass is 16.6. The van der Waals surface area contributed by atoms with Crippen LogP contribution in [-0.2, 0) is 4.74 Å². The minimum Gasteiger partial charge on any atom is -0.486 e. The minimum absolute atomic E-state index is 0.245. The summed E-state index contributed by atoms with van der Waals surface area (Å²) in [6.07, 6.45) is 3.41. The van der Waals surface area contributed by atoms with E-state index in [1.54, 1.807) is 9.58 Å². The third-order valence-electron chi connectivity index (χ3n) is 4.87. The van der Waals surface area contributed by atoms with Crippen molar-refractivity contribution in [2.45, 2.75) is 45.1 Å². The highest BCUT2D eigenvalue weighted by Gasteiger charge is 2.28. The smallest absolute Gasteiger partial charge is 0.410 e. The van der Waals surface area contributed by atoms with E-state index in [-0.39, 0.29) is 12.0 Å². The minimum atomic E-state index is -0.472. The molecule has 0 unspecified atom stereocenters. The fourth-order valence-electron chi connectivity index (χ4n) is 3.45. The molecule has 1 saturated heterocycles. The second-order valence-electron chi connectivity index (χ2n) is 8.16. The van der Waals surface area contributed by atoms with Gasteiger partial charge in [-0.2, -0.15) is 0 Å². The first kappa shape index (κ1) is 18.6. The van der Waals surface area contributed by atoms with Crippen molar-refractivity contribution in [1.82, 2.24) is 19.9 Å². The number of aromatic nitrogens is 3. The summed E-state index contributed by atoms with van der Waals surface area (Å²) in [5.41, 5.74) is 1.35. The number of rotatable bonds is 2. The van der Waals surface area contributed by atoms with Gasteiger partial charge in [0.05, 0.1) is 17.6 Å². The van der Waals surface area contributed by atoms with E-state index in [2.05, 4.69) is 10.3 Å². The van der Waals surface area contributed by atoms with Gasteiger partial charge in [-0.05, 0) is 45.7 Å². The molecular weight excluding hydrogens is 360 g/mol. The SMILES string of the molecule is CC(C)(C)OC(=O)N1CCC(c2cn(-c3ccc4c(c3)OCCO4)nn2)CC1. The van der Waals surface area contributed by atoms with Crippen molar-refractivity contribution in [2.24, 2.45) is 0 Å². The van der Waals surface area contributed by atoms with Gasteiger partial charge in [-0.15, -0.1) is 5.10 Å². The molecule has 1 fully saturated rings. The van der Waals surface area contributed by atoms with E-state index in [1.807, 2.05) is 45.2 Å². The molecule has 8 heteroatoms. The van der Waals surface area contributed by atoms with Gasteiger partial charge in [0.15, 0.2) is 11.5 Å². The molecule has 28 heavy (non-hydrogen) atoms. The predicted octanol–water partition coefficient (Wildman–Crippen LogP) is 3.15. The van der Waals surface area contributed by atoms with Gasteiger partial charge in [-0.25, -0.2) is 9.48 Å². The summed E-state index contributed by atoms with van der Waals surface area (Å²) in [4.78, 5) is 14.0. The van der Waals surface area contributed by atoms with Crippen molar-refractivity contribution < 1.29 is 19.0 Å². The highest BCUT2D eigenvalue weighted by Crippen LogP contribution is 2.32. The van der Waals surface area contributed by atoms with E-state index in [9.17, 15) is 4.79 Å². The van der Waals surface area contributed by atoms with Crippen LogP contribution in [0.1, 0.15) is 45.2 Å². The maximum atomic E-state index is 12.2. The number of fused-ring (bicyclic) bond motifs is 1. The van der Waals surface area contributed by atoms with Crippen LogP contribution in [0.3, 0.4) is 0 Å². The van der Waals surface area contributed by atoms with Gasteiger partial charge in [-0.3, -0.25) is 0 Å². The molecule has 0 saturated carbocycles. The summed E-state index contributed by atoms with van der Waals surface area (Å²) in [5, 5.41) is 8.64. The van der Waals surface area contributed by atoms with Crippen LogP contribution >= 0.6 is 0 Å². The number of benzene rings is 1. The van der Waals surface area contributed by atoms with Crippen molar-refractivity contribution in [3.05, 3.63) is 30.1 Å².